The Labute approximate surface area is 307 Å². The van der Waals surface area contributed by atoms with Crippen LogP contribution >= 0.6 is 0 Å². The van der Waals surface area contributed by atoms with E-state index >= 15 is 0 Å². The molecule has 0 bridgehead atoms. The van der Waals surface area contributed by atoms with E-state index in [0.29, 0.717) is 44.4 Å². The normalized spacial score (nSPS) is 21.6. The predicted molar refractivity (Wildman–Crippen MR) is 184 cm³/mol. The van der Waals surface area contributed by atoms with E-state index in [1.807, 2.05) is 0 Å². The second-order valence-electron chi connectivity index (χ2n) is 14.9. The lowest BCUT2D eigenvalue weighted by Gasteiger charge is -2.31. The number of halogens is 9. The fourth-order valence-corrected chi connectivity index (χ4v) is 7.65. The zero-order valence-corrected chi connectivity index (χ0v) is 30.7. The minimum Gasteiger partial charge on any atom is -0.491 e. The van der Waals surface area contributed by atoms with Crippen LogP contribution < -0.4 is 18.9 Å². The molecule has 0 saturated heterocycles. The van der Waals surface area contributed by atoms with Gasteiger partial charge in [-0.3, -0.25) is 0 Å². The molecule has 0 N–H and O–H groups in total. The van der Waals surface area contributed by atoms with Crippen LogP contribution in [0.4, 0.5) is 39.5 Å². The fraction of sp³-hybridized carbons (Fsp3) is 0.700. The van der Waals surface area contributed by atoms with Crippen LogP contribution in [0, 0.1) is 46.9 Å². The summed E-state index contributed by atoms with van der Waals surface area (Å²) in [5, 5.41) is 0. The van der Waals surface area contributed by atoms with Crippen LogP contribution in [0.5, 0.6) is 23.0 Å². The smallest absolute Gasteiger partial charge is 0.281 e. The molecule has 2 aromatic rings. The lowest BCUT2D eigenvalue weighted by atomic mass is 9.77. The minimum atomic E-state index is -3.39. The average molecular weight is 769 g/mol. The van der Waals surface area contributed by atoms with Gasteiger partial charge in [-0.1, -0.05) is 58.3 Å². The molecule has 4 rings (SSSR count). The van der Waals surface area contributed by atoms with Crippen molar-refractivity contribution < 1.29 is 58.5 Å². The lowest BCUT2D eigenvalue weighted by molar-refractivity contribution is -0.0667. The summed E-state index contributed by atoms with van der Waals surface area (Å²) in [5.74, 6) is -14.7. The number of rotatable bonds is 21. The van der Waals surface area contributed by atoms with Gasteiger partial charge in [-0.2, -0.15) is 17.6 Å². The highest BCUT2D eigenvalue weighted by atomic mass is 19.3. The Hall–Kier alpha value is -2.99. The van der Waals surface area contributed by atoms with Crippen LogP contribution in [0.15, 0.2) is 24.3 Å². The maximum atomic E-state index is 14.8. The van der Waals surface area contributed by atoms with Crippen molar-refractivity contribution in [3.63, 3.8) is 0 Å². The Morgan fingerprint density at radius 2 is 0.962 bits per heavy atom. The second kappa shape index (κ2) is 20.1. The molecule has 0 aromatic heterocycles. The van der Waals surface area contributed by atoms with Crippen molar-refractivity contribution in [2.45, 2.75) is 128 Å². The molecule has 1 unspecified atom stereocenters. The third-order valence-electron chi connectivity index (χ3n) is 10.5. The molecular weight excluding hydrogens is 715 g/mol. The molecular formula is C40H53F9O4. The van der Waals surface area contributed by atoms with Crippen LogP contribution in [0.1, 0.15) is 110 Å². The molecule has 0 heterocycles. The second-order valence-corrected chi connectivity index (χ2v) is 14.9. The molecule has 13 heteroatoms. The van der Waals surface area contributed by atoms with E-state index in [9.17, 15) is 39.5 Å². The molecule has 4 nitrogen and oxygen atoms in total. The number of ether oxygens (including phenoxy) is 4. The van der Waals surface area contributed by atoms with Gasteiger partial charge in [-0.05, 0) is 87.0 Å². The van der Waals surface area contributed by atoms with Gasteiger partial charge in [0.05, 0.1) is 6.61 Å². The van der Waals surface area contributed by atoms with E-state index in [1.54, 1.807) is 6.92 Å². The third kappa shape index (κ3) is 13.4. The van der Waals surface area contributed by atoms with E-state index in [-0.39, 0.29) is 30.6 Å². The molecule has 2 saturated carbocycles. The van der Waals surface area contributed by atoms with Gasteiger partial charge in [0.25, 0.3) is 11.8 Å². The van der Waals surface area contributed by atoms with Crippen molar-refractivity contribution in [1.29, 1.82) is 0 Å². The van der Waals surface area contributed by atoms with Crippen molar-refractivity contribution in [1.82, 2.24) is 0 Å². The molecule has 2 fully saturated rings. The highest BCUT2D eigenvalue weighted by Gasteiger charge is 2.38. The van der Waals surface area contributed by atoms with Crippen molar-refractivity contribution in [2.75, 3.05) is 26.4 Å². The van der Waals surface area contributed by atoms with Gasteiger partial charge in [0.15, 0.2) is 36.2 Å². The van der Waals surface area contributed by atoms with Crippen molar-refractivity contribution in [3.05, 3.63) is 47.5 Å². The van der Waals surface area contributed by atoms with Crippen LogP contribution in [0.3, 0.4) is 0 Å². The number of hydrogen-bond acceptors (Lipinski definition) is 4. The van der Waals surface area contributed by atoms with Crippen LogP contribution in [-0.4, -0.2) is 44.4 Å². The van der Waals surface area contributed by atoms with Gasteiger partial charge < -0.3 is 18.9 Å². The summed E-state index contributed by atoms with van der Waals surface area (Å²) in [5.41, 5.74) is 0. The van der Waals surface area contributed by atoms with Crippen molar-refractivity contribution >= 4 is 0 Å². The molecule has 0 amide bonds. The lowest BCUT2D eigenvalue weighted by Crippen LogP contribution is -2.31. The zero-order valence-electron chi connectivity index (χ0n) is 30.7. The van der Waals surface area contributed by atoms with Crippen LogP contribution in [0.2, 0.25) is 0 Å². The molecule has 300 valence electrons. The molecule has 2 aliphatic rings. The maximum absolute atomic E-state index is 14.8. The molecule has 1 atom stereocenters. The summed E-state index contributed by atoms with van der Waals surface area (Å²) in [7, 11) is 0. The Balaban J connectivity index is 1.15. The molecule has 0 aliphatic heterocycles. The summed E-state index contributed by atoms with van der Waals surface area (Å²) >= 11 is 0. The Morgan fingerprint density at radius 3 is 1.40 bits per heavy atom. The predicted octanol–water partition coefficient (Wildman–Crippen LogP) is 12.5. The molecule has 0 spiro atoms. The summed E-state index contributed by atoms with van der Waals surface area (Å²) in [6.07, 6.45) is 7.09. The van der Waals surface area contributed by atoms with Gasteiger partial charge in [-0.15, -0.1) is 0 Å². The number of alkyl halides is 5. The SMILES string of the molecule is CCCCCC1CCC(CC(F)(F)COc2ccc(OCC(F)(F)CC3CCC(CC(F)COc4ccc(OCC)c(F)c4F)CC3)c(F)c2F)CC1. The van der Waals surface area contributed by atoms with E-state index in [4.69, 9.17) is 18.9 Å². The Bertz CT molecular complexity index is 1410. The summed E-state index contributed by atoms with van der Waals surface area (Å²) < 4.78 is 151. The number of hydrogen-bond donors (Lipinski definition) is 0. The first kappa shape index (κ1) is 42.7. The largest absolute Gasteiger partial charge is 0.491 e. The van der Waals surface area contributed by atoms with Crippen LogP contribution in [0.25, 0.3) is 0 Å². The maximum Gasteiger partial charge on any atom is 0.281 e. The molecule has 0 radical (unpaired) electrons. The van der Waals surface area contributed by atoms with Crippen LogP contribution in [-0.2, 0) is 0 Å². The van der Waals surface area contributed by atoms with Crippen molar-refractivity contribution in [2.24, 2.45) is 23.7 Å². The summed E-state index contributed by atoms with van der Waals surface area (Å²) in [6, 6.07) is 4.12. The van der Waals surface area contributed by atoms with E-state index in [1.165, 1.54) is 12.5 Å². The minimum absolute atomic E-state index is 0.0652. The number of benzene rings is 2. The third-order valence-corrected chi connectivity index (χ3v) is 10.5. The number of unbranched alkanes of at least 4 members (excludes halogenated alkanes) is 2. The Kier molecular flexibility index (Phi) is 16.2. The topological polar surface area (TPSA) is 36.9 Å². The first-order valence-corrected chi connectivity index (χ1v) is 19.1. The fourth-order valence-electron chi connectivity index (χ4n) is 7.65. The van der Waals surface area contributed by atoms with E-state index in [0.717, 1.165) is 50.3 Å². The monoisotopic (exact) mass is 768 g/mol. The summed E-state index contributed by atoms with van der Waals surface area (Å²) in [6.45, 7) is 1.03. The Morgan fingerprint density at radius 1 is 0.566 bits per heavy atom. The summed E-state index contributed by atoms with van der Waals surface area (Å²) in [4.78, 5) is 0. The van der Waals surface area contributed by atoms with E-state index < -0.39 is 97.1 Å². The molecule has 2 aromatic carbocycles. The zero-order chi connectivity index (χ0) is 38.6. The quantitative estimate of drug-likeness (QED) is 0.0936. The first-order chi connectivity index (χ1) is 25.2. The highest BCUT2D eigenvalue weighted by molar-refractivity contribution is 5.36. The van der Waals surface area contributed by atoms with Gasteiger partial charge in [-0.25, -0.2) is 22.0 Å². The first-order valence-electron chi connectivity index (χ1n) is 19.1. The standard InChI is InChI=1S/C40H53F9O4/c1-3-5-6-7-26-8-12-28(13-9-26)21-39(46,47)24-52-33-18-19-34(38(45)37(33)44)53-25-40(48,49)22-29-14-10-27(11-15-29)20-30(41)23-51-32-17-16-31(50-4-2)35(42)36(32)43/h16-19,26-30H,3-15,20-25H2,1-2H3. The molecule has 2 aliphatic carbocycles. The van der Waals surface area contributed by atoms with Crippen molar-refractivity contribution in [3.8, 4) is 23.0 Å². The highest BCUT2D eigenvalue weighted by Crippen LogP contribution is 2.40. The van der Waals surface area contributed by atoms with Gasteiger partial charge >= 0.3 is 0 Å². The van der Waals surface area contributed by atoms with E-state index in [2.05, 4.69) is 6.92 Å². The van der Waals surface area contributed by atoms with Gasteiger partial charge in [0.1, 0.15) is 12.8 Å². The molecule has 53 heavy (non-hydrogen) atoms. The van der Waals surface area contributed by atoms with Gasteiger partial charge in [0, 0.05) is 12.8 Å². The average Bonchev–Trinajstić information content (AvgIpc) is 3.11. The van der Waals surface area contributed by atoms with Gasteiger partial charge in [0.2, 0.25) is 23.3 Å².